The predicted octanol–water partition coefficient (Wildman–Crippen LogP) is 6.86. The van der Waals surface area contributed by atoms with Gasteiger partial charge in [0.25, 0.3) is 0 Å². The molecule has 1 aliphatic rings. The lowest BCUT2D eigenvalue weighted by Crippen LogP contribution is -2.38. The van der Waals surface area contributed by atoms with E-state index in [1.165, 1.54) is 19.2 Å². The Labute approximate surface area is 227 Å². The van der Waals surface area contributed by atoms with Crippen LogP contribution in [-0.2, 0) is 14.9 Å². The van der Waals surface area contributed by atoms with E-state index in [-0.39, 0.29) is 18.8 Å². The van der Waals surface area contributed by atoms with Gasteiger partial charge >= 0.3 is 18.4 Å². The van der Waals surface area contributed by atoms with Crippen molar-refractivity contribution in [1.82, 2.24) is 0 Å². The van der Waals surface area contributed by atoms with E-state index in [9.17, 15) is 22.8 Å². The SMILES string of the molecule is CCOC(=O)C1(C)CN(c2ccccc2NC(=O)Nc2ccc(OC(F)(F)F)cc2)c2c(OC)ccc(Cl)c21. The molecule has 4 rings (SSSR count). The van der Waals surface area contributed by atoms with Crippen LogP contribution in [0.15, 0.2) is 60.7 Å². The van der Waals surface area contributed by atoms with Crippen molar-refractivity contribution >= 4 is 46.4 Å². The molecule has 0 aromatic heterocycles. The number of anilines is 4. The van der Waals surface area contributed by atoms with Gasteiger partial charge in [-0.2, -0.15) is 0 Å². The summed E-state index contributed by atoms with van der Waals surface area (Å²) in [5.74, 6) is -0.392. The number of rotatable bonds is 7. The number of halogens is 4. The molecule has 0 bridgehead atoms. The number of hydrogen-bond acceptors (Lipinski definition) is 6. The lowest BCUT2D eigenvalue weighted by Gasteiger charge is -2.26. The largest absolute Gasteiger partial charge is 0.573 e. The third-order valence-electron chi connectivity index (χ3n) is 6.12. The van der Waals surface area contributed by atoms with Crippen LogP contribution in [0.1, 0.15) is 19.4 Å². The number of ether oxygens (including phenoxy) is 3. The van der Waals surface area contributed by atoms with Crippen LogP contribution in [0.25, 0.3) is 0 Å². The molecule has 1 heterocycles. The number of nitrogens with zero attached hydrogens (tertiary/aromatic N) is 1. The van der Waals surface area contributed by atoms with Crippen molar-refractivity contribution < 1.29 is 37.0 Å². The molecular weight excluding hydrogens is 539 g/mol. The van der Waals surface area contributed by atoms with Crippen molar-refractivity contribution in [3.63, 3.8) is 0 Å². The topological polar surface area (TPSA) is 89.1 Å². The molecule has 1 atom stereocenters. The van der Waals surface area contributed by atoms with Gasteiger partial charge in [-0.3, -0.25) is 4.79 Å². The lowest BCUT2D eigenvalue weighted by molar-refractivity contribution is -0.274. The number of esters is 1. The molecule has 3 aromatic carbocycles. The molecule has 2 amide bonds. The minimum Gasteiger partial charge on any atom is -0.495 e. The summed E-state index contributed by atoms with van der Waals surface area (Å²) in [5.41, 5.74) is 1.17. The number of fused-ring (bicyclic) bond motifs is 1. The van der Waals surface area contributed by atoms with Crippen molar-refractivity contribution in [2.75, 3.05) is 35.8 Å². The Bertz CT molecular complexity index is 1380. The fraction of sp³-hybridized carbons (Fsp3) is 0.259. The zero-order valence-corrected chi connectivity index (χ0v) is 21.9. The summed E-state index contributed by atoms with van der Waals surface area (Å²) in [6.45, 7) is 3.80. The van der Waals surface area contributed by atoms with E-state index < -0.39 is 29.5 Å². The van der Waals surface area contributed by atoms with E-state index in [1.54, 1.807) is 50.2 Å². The van der Waals surface area contributed by atoms with Crippen LogP contribution in [-0.4, -0.2) is 38.6 Å². The third-order valence-corrected chi connectivity index (χ3v) is 6.44. The van der Waals surface area contributed by atoms with Crippen LogP contribution in [0.3, 0.4) is 0 Å². The van der Waals surface area contributed by atoms with Gasteiger partial charge in [0, 0.05) is 22.8 Å². The summed E-state index contributed by atoms with van der Waals surface area (Å²) in [6.07, 6.45) is -4.82. The van der Waals surface area contributed by atoms with Gasteiger partial charge in [0.15, 0.2) is 0 Å². The molecule has 0 fully saturated rings. The third kappa shape index (κ3) is 5.83. The summed E-state index contributed by atoms with van der Waals surface area (Å²) in [7, 11) is 1.50. The Balaban J connectivity index is 1.64. The highest BCUT2D eigenvalue weighted by atomic mass is 35.5. The number of para-hydroxylation sites is 2. The average molecular weight is 564 g/mol. The number of hydrogen-bond donors (Lipinski definition) is 2. The van der Waals surface area contributed by atoms with Crippen molar-refractivity contribution in [3.8, 4) is 11.5 Å². The Morgan fingerprint density at radius 2 is 1.74 bits per heavy atom. The maximum atomic E-state index is 13.1. The molecule has 206 valence electrons. The summed E-state index contributed by atoms with van der Waals surface area (Å²) >= 11 is 6.60. The molecule has 0 aliphatic carbocycles. The number of alkyl halides is 3. The van der Waals surface area contributed by atoms with Crippen molar-refractivity contribution in [2.24, 2.45) is 0 Å². The van der Waals surface area contributed by atoms with E-state index in [0.717, 1.165) is 12.1 Å². The summed E-state index contributed by atoms with van der Waals surface area (Å²) in [6, 6.07) is 14.4. The van der Waals surface area contributed by atoms with E-state index >= 15 is 0 Å². The molecule has 3 aromatic rings. The molecule has 0 radical (unpaired) electrons. The Hall–Kier alpha value is -4.12. The second kappa shape index (κ2) is 10.9. The quantitative estimate of drug-likeness (QED) is 0.305. The number of methoxy groups -OCH3 is 1. The first kappa shape index (κ1) is 27.9. The first-order valence-electron chi connectivity index (χ1n) is 11.8. The van der Waals surface area contributed by atoms with Crippen molar-refractivity contribution in [1.29, 1.82) is 0 Å². The highest BCUT2D eigenvalue weighted by Gasteiger charge is 2.49. The fourth-order valence-electron chi connectivity index (χ4n) is 4.48. The second-order valence-electron chi connectivity index (χ2n) is 8.78. The summed E-state index contributed by atoms with van der Waals surface area (Å²) < 4.78 is 52.1. The molecule has 2 N–H and O–H groups in total. The summed E-state index contributed by atoms with van der Waals surface area (Å²) in [5, 5.41) is 5.70. The van der Waals surface area contributed by atoms with E-state index in [1.807, 2.05) is 4.90 Å². The maximum Gasteiger partial charge on any atom is 0.573 e. The van der Waals surface area contributed by atoms with Crippen molar-refractivity contribution in [3.05, 3.63) is 71.2 Å². The molecule has 8 nitrogen and oxygen atoms in total. The molecule has 0 saturated heterocycles. The number of carbonyl (C=O) groups excluding carboxylic acids is 2. The molecule has 12 heteroatoms. The smallest absolute Gasteiger partial charge is 0.495 e. The Morgan fingerprint density at radius 3 is 2.38 bits per heavy atom. The molecule has 1 aliphatic heterocycles. The van der Waals surface area contributed by atoms with Gasteiger partial charge in [0.2, 0.25) is 0 Å². The fourth-order valence-corrected chi connectivity index (χ4v) is 4.84. The van der Waals surface area contributed by atoms with Gasteiger partial charge < -0.3 is 29.7 Å². The highest BCUT2D eigenvalue weighted by Crippen LogP contribution is 2.53. The van der Waals surface area contributed by atoms with E-state index in [2.05, 4.69) is 15.4 Å². The molecule has 0 spiro atoms. The van der Waals surface area contributed by atoms with Gasteiger partial charge in [-0.1, -0.05) is 23.7 Å². The van der Waals surface area contributed by atoms with E-state index in [0.29, 0.717) is 33.4 Å². The standard InChI is InChI=1S/C27H25ClF3N3O5/c1-4-38-24(35)26(2)15-34(23-21(37-3)14-13-18(28)22(23)26)20-8-6-5-7-19(20)33-25(36)32-16-9-11-17(12-10-16)39-27(29,30)31/h5-14H,4,15H2,1-3H3,(H2,32,33,36). The summed E-state index contributed by atoms with van der Waals surface area (Å²) in [4.78, 5) is 27.8. The normalized spacial score (nSPS) is 16.3. The van der Waals surface area contributed by atoms with Gasteiger partial charge in [-0.25, -0.2) is 4.79 Å². The lowest BCUT2D eigenvalue weighted by atomic mass is 9.84. The molecular formula is C27H25ClF3N3O5. The average Bonchev–Trinajstić information content (AvgIpc) is 3.20. The van der Waals surface area contributed by atoms with Crippen LogP contribution in [0.4, 0.5) is 40.7 Å². The second-order valence-corrected chi connectivity index (χ2v) is 9.19. The minimum atomic E-state index is -4.82. The first-order valence-corrected chi connectivity index (χ1v) is 12.2. The molecule has 0 saturated carbocycles. The maximum absolute atomic E-state index is 13.1. The minimum absolute atomic E-state index is 0.155. The number of carbonyl (C=O) groups is 2. The Morgan fingerprint density at radius 1 is 1.05 bits per heavy atom. The molecule has 39 heavy (non-hydrogen) atoms. The monoisotopic (exact) mass is 563 g/mol. The van der Waals surface area contributed by atoms with Crippen LogP contribution in [0, 0.1) is 0 Å². The zero-order chi connectivity index (χ0) is 28.4. The Kier molecular flexibility index (Phi) is 7.82. The zero-order valence-electron chi connectivity index (χ0n) is 21.2. The van der Waals surface area contributed by atoms with Crippen LogP contribution in [0.2, 0.25) is 5.02 Å². The van der Waals surface area contributed by atoms with Crippen LogP contribution in [0.5, 0.6) is 11.5 Å². The van der Waals surface area contributed by atoms with Crippen LogP contribution >= 0.6 is 11.6 Å². The van der Waals surface area contributed by atoms with Gasteiger partial charge in [-0.05, 0) is 62.4 Å². The first-order chi connectivity index (χ1) is 18.5. The number of urea groups is 1. The number of nitrogens with one attached hydrogen (secondary N) is 2. The predicted molar refractivity (Wildman–Crippen MR) is 141 cm³/mol. The van der Waals surface area contributed by atoms with Crippen molar-refractivity contribution in [2.45, 2.75) is 25.6 Å². The molecule has 1 unspecified atom stereocenters. The number of amides is 2. The highest BCUT2D eigenvalue weighted by molar-refractivity contribution is 6.32. The van der Waals surface area contributed by atoms with Gasteiger partial charge in [0.1, 0.15) is 16.9 Å². The van der Waals surface area contributed by atoms with Gasteiger partial charge in [-0.15, -0.1) is 13.2 Å². The number of benzene rings is 3. The van der Waals surface area contributed by atoms with E-state index in [4.69, 9.17) is 21.1 Å². The van der Waals surface area contributed by atoms with Gasteiger partial charge in [0.05, 0.1) is 30.8 Å². The van der Waals surface area contributed by atoms with Crippen LogP contribution < -0.4 is 25.0 Å².